The van der Waals surface area contributed by atoms with Crippen molar-refractivity contribution in [3.63, 3.8) is 0 Å². The molecule has 150 valence electrons. The van der Waals surface area contributed by atoms with Crippen LogP contribution in [0.15, 0.2) is 0 Å². The van der Waals surface area contributed by atoms with Crippen molar-refractivity contribution >= 4 is 24.2 Å². The molecular weight excluding hydrogens is 350 g/mol. The number of hydrogen-bond acceptors (Lipinski definition) is 3. The van der Waals surface area contributed by atoms with Crippen molar-refractivity contribution in [2.45, 2.75) is 58.4 Å². The van der Waals surface area contributed by atoms with E-state index in [0.717, 1.165) is 43.6 Å². The van der Waals surface area contributed by atoms with E-state index in [1.54, 1.807) is 4.90 Å². The van der Waals surface area contributed by atoms with E-state index in [4.69, 9.17) is 0 Å². The number of carbonyl (C=O) groups excluding carboxylic acids is 2. The summed E-state index contributed by atoms with van der Waals surface area (Å²) in [6, 6.07) is -0.414. The summed E-state index contributed by atoms with van der Waals surface area (Å²) >= 11 is 0. The topological polar surface area (TPSA) is 61.4 Å². The molecule has 4 bridgehead atoms. The average Bonchev–Trinajstić information content (AvgIpc) is 2.55. The van der Waals surface area contributed by atoms with Crippen molar-refractivity contribution in [1.82, 2.24) is 15.5 Å². The van der Waals surface area contributed by atoms with E-state index in [-0.39, 0.29) is 35.6 Å². The molecule has 2 amide bonds. The van der Waals surface area contributed by atoms with Crippen LogP contribution in [0.2, 0.25) is 0 Å². The second-order valence-electron chi connectivity index (χ2n) is 9.26. The van der Waals surface area contributed by atoms with E-state index in [1.807, 2.05) is 27.9 Å². The van der Waals surface area contributed by atoms with Gasteiger partial charge in [-0.3, -0.25) is 9.59 Å². The maximum Gasteiger partial charge on any atom is 0.245 e. The molecule has 4 rings (SSSR count). The lowest BCUT2D eigenvalue weighted by Crippen LogP contribution is -2.58. The second-order valence-corrected chi connectivity index (χ2v) is 9.26. The summed E-state index contributed by atoms with van der Waals surface area (Å²) in [5.41, 5.74) is -0.189. The number of rotatable bonds is 7. The number of nitrogens with one attached hydrogen (secondary N) is 2. The molecule has 0 saturated heterocycles. The first-order valence-electron chi connectivity index (χ1n) is 10.0. The molecule has 5 nitrogen and oxygen atoms in total. The third-order valence-corrected chi connectivity index (χ3v) is 6.81. The number of likely N-dealkylation sites (N-methyl/N-ethyl adjacent to an activating group) is 2. The van der Waals surface area contributed by atoms with Gasteiger partial charge in [0.05, 0.1) is 0 Å². The van der Waals surface area contributed by atoms with Crippen molar-refractivity contribution in [3.05, 3.63) is 0 Å². The van der Waals surface area contributed by atoms with Crippen LogP contribution in [0.1, 0.15) is 52.4 Å². The quantitative estimate of drug-likeness (QED) is 0.707. The largest absolute Gasteiger partial charge is 0.344 e. The minimum Gasteiger partial charge on any atom is -0.344 e. The SMILES string of the molecule is CNCCN(C)C(=O)C(NC(=O)C12CC3CC(CC(C3)C1)C2)C(C)C.Cl. The first kappa shape index (κ1) is 21.5. The average molecular weight is 386 g/mol. The summed E-state index contributed by atoms with van der Waals surface area (Å²) in [5.74, 6) is 2.50. The van der Waals surface area contributed by atoms with Gasteiger partial charge >= 0.3 is 0 Å². The van der Waals surface area contributed by atoms with Gasteiger partial charge in [-0.05, 0) is 69.2 Å². The molecule has 1 atom stereocenters. The van der Waals surface area contributed by atoms with Crippen molar-refractivity contribution in [3.8, 4) is 0 Å². The van der Waals surface area contributed by atoms with Crippen molar-refractivity contribution in [2.24, 2.45) is 29.1 Å². The van der Waals surface area contributed by atoms with E-state index >= 15 is 0 Å². The zero-order chi connectivity index (χ0) is 18.2. The van der Waals surface area contributed by atoms with Crippen LogP contribution in [0.3, 0.4) is 0 Å². The highest BCUT2D eigenvalue weighted by Gasteiger charge is 2.55. The van der Waals surface area contributed by atoms with Gasteiger partial charge in [0.15, 0.2) is 0 Å². The van der Waals surface area contributed by atoms with Gasteiger partial charge in [0.2, 0.25) is 11.8 Å². The van der Waals surface area contributed by atoms with E-state index in [1.165, 1.54) is 19.3 Å². The Balaban J connectivity index is 0.00000243. The normalized spacial score (nSPS) is 32.9. The molecule has 0 aliphatic heterocycles. The van der Waals surface area contributed by atoms with Crippen LogP contribution in [0, 0.1) is 29.1 Å². The summed E-state index contributed by atoms with van der Waals surface area (Å²) in [6.45, 7) is 5.46. The predicted molar refractivity (Wildman–Crippen MR) is 106 cm³/mol. The first-order valence-corrected chi connectivity index (χ1v) is 10.0. The van der Waals surface area contributed by atoms with Gasteiger partial charge in [-0.25, -0.2) is 0 Å². The Morgan fingerprint density at radius 2 is 1.58 bits per heavy atom. The summed E-state index contributed by atoms with van der Waals surface area (Å²) in [7, 11) is 3.71. The molecule has 2 N–H and O–H groups in total. The Bertz CT molecular complexity index is 488. The molecule has 0 heterocycles. The molecule has 0 radical (unpaired) electrons. The highest BCUT2D eigenvalue weighted by atomic mass is 35.5. The molecule has 4 saturated carbocycles. The number of nitrogens with zero attached hydrogens (tertiary/aromatic N) is 1. The van der Waals surface area contributed by atoms with Gasteiger partial charge in [-0.1, -0.05) is 13.8 Å². The van der Waals surface area contributed by atoms with Crippen LogP contribution in [-0.4, -0.2) is 49.9 Å². The highest BCUT2D eigenvalue weighted by molar-refractivity contribution is 5.90. The van der Waals surface area contributed by atoms with Gasteiger partial charge < -0.3 is 15.5 Å². The molecule has 1 unspecified atom stereocenters. The predicted octanol–water partition coefficient (Wildman–Crippen LogP) is 2.44. The lowest BCUT2D eigenvalue weighted by atomic mass is 9.49. The number of amides is 2. The molecule has 26 heavy (non-hydrogen) atoms. The lowest BCUT2D eigenvalue weighted by Gasteiger charge is -2.56. The van der Waals surface area contributed by atoms with E-state index in [0.29, 0.717) is 6.54 Å². The standard InChI is InChI=1S/C20H35N3O2.ClH/c1-13(2)17(18(24)23(4)6-5-21-3)22-19(25)20-10-14-7-15(11-20)9-16(8-14)12-20;/h13-17,21H,5-12H2,1-4H3,(H,22,25);1H. The molecule has 0 aromatic carbocycles. The van der Waals surface area contributed by atoms with Gasteiger partial charge in [-0.2, -0.15) is 0 Å². The maximum absolute atomic E-state index is 13.3. The highest BCUT2D eigenvalue weighted by Crippen LogP contribution is 2.60. The molecule has 4 aliphatic carbocycles. The Labute approximate surface area is 164 Å². The zero-order valence-electron chi connectivity index (χ0n) is 16.7. The lowest BCUT2D eigenvalue weighted by molar-refractivity contribution is -0.150. The Kier molecular flexibility index (Phi) is 7.00. The summed E-state index contributed by atoms with van der Waals surface area (Å²) in [4.78, 5) is 27.8. The monoisotopic (exact) mass is 385 g/mol. The van der Waals surface area contributed by atoms with Gasteiger partial charge in [0.1, 0.15) is 6.04 Å². The minimum absolute atomic E-state index is 0. The maximum atomic E-state index is 13.3. The fourth-order valence-electron chi connectivity index (χ4n) is 5.82. The summed E-state index contributed by atoms with van der Waals surface area (Å²) < 4.78 is 0. The van der Waals surface area contributed by atoms with Crippen LogP contribution in [-0.2, 0) is 9.59 Å². The van der Waals surface area contributed by atoms with Crippen molar-refractivity contribution in [1.29, 1.82) is 0 Å². The molecule has 0 spiro atoms. The van der Waals surface area contributed by atoms with Crippen LogP contribution < -0.4 is 10.6 Å². The zero-order valence-corrected chi connectivity index (χ0v) is 17.5. The van der Waals surface area contributed by atoms with Crippen LogP contribution >= 0.6 is 12.4 Å². The van der Waals surface area contributed by atoms with E-state index in [9.17, 15) is 9.59 Å². The fourth-order valence-corrected chi connectivity index (χ4v) is 5.82. The van der Waals surface area contributed by atoms with Gasteiger partial charge in [-0.15, -0.1) is 12.4 Å². The summed E-state index contributed by atoms with van der Waals surface area (Å²) in [6.07, 6.45) is 7.10. The molecule has 6 heteroatoms. The molecular formula is C20H36ClN3O2. The van der Waals surface area contributed by atoms with Crippen LogP contribution in [0.4, 0.5) is 0 Å². The Morgan fingerprint density at radius 3 is 2.00 bits per heavy atom. The Morgan fingerprint density at radius 1 is 1.08 bits per heavy atom. The van der Waals surface area contributed by atoms with Gasteiger partial charge in [0, 0.05) is 25.6 Å². The third kappa shape index (κ3) is 4.19. The second kappa shape index (κ2) is 8.47. The number of hydrogen-bond donors (Lipinski definition) is 2. The van der Waals surface area contributed by atoms with E-state index < -0.39 is 6.04 Å². The minimum atomic E-state index is -0.414. The van der Waals surface area contributed by atoms with Gasteiger partial charge in [0.25, 0.3) is 0 Å². The Hall–Kier alpha value is -0.810. The van der Waals surface area contributed by atoms with Crippen LogP contribution in [0.25, 0.3) is 0 Å². The van der Waals surface area contributed by atoms with Crippen molar-refractivity contribution < 1.29 is 9.59 Å². The van der Waals surface area contributed by atoms with E-state index in [2.05, 4.69) is 10.6 Å². The molecule has 0 aromatic rings. The molecule has 4 aliphatic rings. The fraction of sp³-hybridized carbons (Fsp3) is 0.900. The molecule has 0 aromatic heterocycles. The third-order valence-electron chi connectivity index (χ3n) is 6.81. The smallest absolute Gasteiger partial charge is 0.245 e. The van der Waals surface area contributed by atoms with Crippen molar-refractivity contribution in [2.75, 3.05) is 27.2 Å². The number of carbonyl (C=O) groups is 2. The first-order chi connectivity index (χ1) is 11.8. The number of halogens is 1. The van der Waals surface area contributed by atoms with Crippen LogP contribution in [0.5, 0.6) is 0 Å². The molecule has 4 fully saturated rings. The summed E-state index contributed by atoms with van der Waals surface area (Å²) in [5, 5.41) is 6.25.